The van der Waals surface area contributed by atoms with Crippen molar-refractivity contribution in [3.63, 3.8) is 0 Å². The molecule has 2 N–H and O–H groups in total. The van der Waals surface area contributed by atoms with Gasteiger partial charge in [0, 0.05) is 25.3 Å². The summed E-state index contributed by atoms with van der Waals surface area (Å²) in [6, 6.07) is 2.51. The minimum atomic E-state index is -0.489. The second-order valence-electron chi connectivity index (χ2n) is 5.93. The quantitative estimate of drug-likeness (QED) is 0.831. The van der Waals surface area contributed by atoms with Crippen molar-refractivity contribution >= 4 is 0 Å². The maximum absolute atomic E-state index is 10.4. The van der Waals surface area contributed by atoms with Crippen LogP contribution < -0.4 is 5.32 Å². The molecular formula is C15H27N3O. The number of rotatable bonds is 6. The number of aromatic nitrogens is 2. The molecule has 1 saturated carbocycles. The van der Waals surface area contributed by atoms with Crippen molar-refractivity contribution < 1.29 is 5.11 Å². The van der Waals surface area contributed by atoms with Gasteiger partial charge in [-0.05, 0) is 32.3 Å². The second-order valence-corrected chi connectivity index (χ2v) is 5.93. The summed E-state index contributed by atoms with van der Waals surface area (Å²) in [6.45, 7) is 5.77. The Labute approximate surface area is 116 Å². The van der Waals surface area contributed by atoms with E-state index in [1.165, 1.54) is 6.42 Å². The van der Waals surface area contributed by atoms with E-state index in [0.29, 0.717) is 12.6 Å². The Kier molecular flexibility index (Phi) is 4.99. The summed E-state index contributed by atoms with van der Waals surface area (Å²) in [5.41, 5.74) is 0.567. The van der Waals surface area contributed by atoms with Crippen LogP contribution in [-0.2, 0) is 6.54 Å². The van der Waals surface area contributed by atoms with E-state index in [9.17, 15) is 5.11 Å². The van der Waals surface area contributed by atoms with Gasteiger partial charge in [0.25, 0.3) is 0 Å². The van der Waals surface area contributed by atoms with Gasteiger partial charge in [-0.1, -0.05) is 26.2 Å². The van der Waals surface area contributed by atoms with Gasteiger partial charge >= 0.3 is 0 Å². The van der Waals surface area contributed by atoms with Crippen LogP contribution in [0.25, 0.3) is 0 Å². The van der Waals surface area contributed by atoms with Crippen molar-refractivity contribution in [1.29, 1.82) is 0 Å². The summed E-state index contributed by atoms with van der Waals surface area (Å²) in [7, 11) is 0. The van der Waals surface area contributed by atoms with Crippen LogP contribution in [-0.4, -0.2) is 27.0 Å². The van der Waals surface area contributed by atoms with Gasteiger partial charge in [-0.3, -0.25) is 4.68 Å². The summed E-state index contributed by atoms with van der Waals surface area (Å²) >= 11 is 0. The third-order valence-electron chi connectivity index (χ3n) is 4.25. The van der Waals surface area contributed by atoms with E-state index >= 15 is 0 Å². The largest absolute Gasteiger partial charge is 0.389 e. The van der Waals surface area contributed by atoms with Crippen LogP contribution >= 0.6 is 0 Å². The second kappa shape index (κ2) is 6.53. The summed E-state index contributed by atoms with van der Waals surface area (Å²) in [6.07, 6.45) is 8.57. The number of hydrogen-bond acceptors (Lipinski definition) is 3. The maximum atomic E-state index is 10.4. The monoisotopic (exact) mass is 265 g/mol. The highest BCUT2D eigenvalue weighted by Crippen LogP contribution is 2.27. The number of hydrogen-bond donors (Lipinski definition) is 2. The molecule has 0 aromatic carbocycles. The molecule has 0 radical (unpaired) electrons. The van der Waals surface area contributed by atoms with E-state index in [-0.39, 0.29) is 0 Å². The Hall–Kier alpha value is -0.870. The van der Waals surface area contributed by atoms with E-state index in [1.54, 1.807) is 0 Å². The topological polar surface area (TPSA) is 50.1 Å². The molecule has 1 atom stereocenters. The third-order valence-corrected chi connectivity index (χ3v) is 4.25. The van der Waals surface area contributed by atoms with Crippen LogP contribution in [0.5, 0.6) is 0 Å². The molecule has 4 heteroatoms. The first-order valence-electron chi connectivity index (χ1n) is 7.60. The Morgan fingerprint density at radius 2 is 2.16 bits per heavy atom. The first-order valence-corrected chi connectivity index (χ1v) is 7.60. The van der Waals surface area contributed by atoms with E-state index < -0.39 is 5.60 Å². The Balaban J connectivity index is 1.77. The minimum absolute atomic E-state index is 0.455. The molecule has 1 unspecified atom stereocenters. The zero-order valence-electron chi connectivity index (χ0n) is 12.2. The molecule has 19 heavy (non-hydrogen) atoms. The molecule has 0 bridgehead atoms. The van der Waals surface area contributed by atoms with Crippen molar-refractivity contribution in [1.82, 2.24) is 15.1 Å². The summed E-state index contributed by atoms with van der Waals surface area (Å²) in [5.74, 6) is 0. The maximum Gasteiger partial charge on any atom is 0.0771 e. The molecule has 0 spiro atoms. The Bertz CT molecular complexity index is 382. The first-order chi connectivity index (χ1) is 9.13. The zero-order chi connectivity index (χ0) is 13.7. The highest BCUT2D eigenvalue weighted by atomic mass is 16.3. The van der Waals surface area contributed by atoms with Crippen molar-refractivity contribution in [3.05, 3.63) is 18.0 Å². The highest BCUT2D eigenvalue weighted by molar-refractivity contribution is 4.99. The smallest absolute Gasteiger partial charge is 0.0771 e. The van der Waals surface area contributed by atoms with Gasteiger partial charge in [-0.15, -0.1) is 0 Å². The first kappa shape index (κ1) is 14.5. The lowest BCUT2D eigenvalue weighted by Gasteiger charge is -2.32. The van der Waals surface area contributed by atoms with Crippen molar-refractivity contribution in [3.8, 4) is 0 Å². The van der Waals surface area contributed by atoms with Crippen molar-refractivity contribution in [2.24, 2.45) is 0 Å². The van der Waals surface area contributed by atoms with Gasteiger partial charge in [-0.25, -0.2) is 0 Å². The zero-order valence-corrected chi connectivity index (χ0v) is 12.2. The fraction of sp³-hybridized carbons (Fsp3) is 0.800. The molecule has 2 rings (SSSR count). The SMILES string of the molecule is CCC(C)n1ccc(CNCC2(O)CCCCC2)n1. The normalized spacial score (nSPS) is 20.4. The molecule has 1 heterocycles. The Morgan fingerprint density at radius 1 is 1.42 bits per heavy atom. The Morgan fingerprint density at radius 3 is 2.84 bits per heavy atom. The van der Waals surface area contributed by atoms with E-state index in [0.717, 1.165) is 44.3 Å². The van der Waals surface area contributed by atoms with Crippen LogP contribution in [0.15, 0.2) is 12.3 Å². The van der Waals surface area contributed by atoms with Gasteiger partial charge in [0.05, 0.1) is 11.3 Å². The van der Waals surface area contributed by atoms with Gasteiger partial charge in [0.15, 0.2) is 0 Å². The van der Waals surface area contributed by atoms with Crippen LogP contribution in [0.1, 0.15) is 64.1 Å². The molecule has 1 aromatic heterocycles. The molecule has 0 amide bonds. The molecule has 1 aliphatic carbocycles. The molecule has 4 nitrogen and oxygen atoms in total. The van der Waals surface area contributed by atoms with E-state index in [4.69, 9.17) is 0 Å². The molecule has 0 saturated heterocycles. The number of nitrogens with zero attached hydrogens (tertiary/aromatic N) is 2. The number of aliphatic hydroxyl groups is 1. The number of nitrogens with one attached hydrogen (secondary N) is 1. The molecule has 0 aliphatic heterocycles. The average molecular weight is 265 g/mol. The van der Waals surface area contributed by atoms with E-state index in [1.807, 2.05) is 10.9 Å². The van der Waals surface area contributed by atoms with Crippen LogP contribution in [0.2, 0.25) is 0 Å². The molecule has 1 aliphatic rings. The summed E-state index contributed by atoms with van der Waals surface area (Å²) in [4.78, 5) is 0. The predicted octanol–water partition coefficient (Wildman–Crippen LogP) is 2.64. The van der Waals surface area contributed by atoms with Gasteiger partial charge in [0.1, 0.15) is 0 Å². The average Bonchev–Trinajstić information content (AvgIpc) is 2.87. The third kappa shape index (κ3) is 4.05. The van der Waals surface area contributed by atoms with Gasteiger partial charge in [0.2, 0.25) is 0 Å². The standard InChI is InChI=1S/C15H27N3O/c1-3-13(2)18-10-7-14(17-18)11-16-12-15(19)8-5-4-6-9-15/h7,10,13,16,19H,3-6,8-9,11-12H2,1-2H3. The van der Waals surface area contributed by atoms with Gasteiger partial charge in [-0.2, -0.15) is 5.10 Å². The van der Waals surface area contributed by atoms with Crippen LogP contribution in [0.3, 0.4) is 0 Å². The lowest BCUT2D eigenvalue weighted by molar-refractivity contribution is 0.00461. The van der Waals surface area contributed by atoms with Crippen molar-refractivity contribution in [2.45, 2.75) is 70.6 Å². The lowest BCUT2D eigenvalue weighted by Crippen LogP contribution is -2.41. The predicted molar refractivity (Wildman–Crippen MR) is 77.0 cm³/mol. The summed E-state index contributed by atoms with van der Waals surface area (Å²) in [5, 5.41) is 18.3. The van der Waals surface area contributed by atoms with Crippen molar-refractivity contribution in [2.75, 3.05) is 6.54 Å². The molecule has 1 aromatic rings. The highest BCUT2D eigenvalue weighted by Gasteiger charge is 2.28. The van der Waals surface area contributed by atoms with Gasteiger partial charge < -0.3 is 10.4 Å². The fourth-order valence-corrected chi connectivity index (χ4v) is 2.71. The summed E-state index contributed by atoms with van der Waals surface area (Å²) < 4.78 is 2.02. The van der Waals surface area contributed by atoms with E-state index in [2.05, 4.69) is 30.3 Å². The molecular weight excluding hydrogens is 238 g/mol. The van der Waals surface area contributed by atoms with Crippen LogP contribution in [0, 0.1) is 0 Å². The molecule has 108 valence electrons. The molecule has 1 fully saturated rings. The lowest BCUT2D eigenvalue weighted by atomic mass is 9.85. The van der Waals surface area contributed by atoms with Crippen LogP contribution in [0.4, 0.5) is 0 Å². The minimum Gasteiger partial charge on any atom is -0.389 e. The fourth-order valence-electron chi connectivity index (χ4n) is 2.71.